The average molecular weight is 547 g/mol. The zero-order chi connectivity index (χ0) is 28.2. The number of hydrogen-bond donors (Lipinski definition) is 2. The molecule has 9 nitrogen and oxygen atoms in total. The van der Waals surface area contributed by atoms with Crippen LogP contribution in [0.3, 0.4) is 0 Å². The summed E-state index contributed by atoms with van der Waals surface area (Å²) in [6.07, 6.45) is 0. The van der Waals surface area contributed by atoms with E-state index in [-0.39, 0.29) is 5.84 Å². The number of hydrazine groups is 1. The minimum atomic E-state index is -1.91. The Morgan fingerprint density at radius 2 is 1.56 bits per heavy atom. The van der Waals surface area contributed by atoms with Crippen molar-refractivity contribution in [3.05, 3.63) is 95.0 Å². The number of halogens is 1. The molecule has 0 saturated heterocycles. The highest BCUT2D eigenvalue weighted by Gasteiger charge is 2.59. The SMILES string of the molecule is CCN(CC)N(c1ccccc1C)C1(NC(C)=O)C(=O)N(c2ccc(Cl)cc2)N=C1NC(=O)c1ccccc1. The van der Waals surface area contributed by atoms with Gasteiger partial charge in [0, 0.05) is 30.6 Å². The molecule has 0 aliphatic carbocycles. The molecule has 0 aromatic heterocycles. The molecule has 1 atom stereocenters. The van der Waals surface area contributed by atoms with Gasteiger partial charge in [0.15, 0.2) is 5.84 Å². The monoisotopic (exact) mass is 546 g/mol. The van der Waals surface area contributed by atoms with Crippen molar-refractivity contribution in [2.45, 2.75) is 33.4 Å². The number of carbonyl (C=O) groups is 3. The normalized spacial score (nSPS) is 16.7. The molecular weight excluding hydrogens is 516 g/mol. The van der Waals surface area contributed by atoms with Crippen LogP contribution in [0.1, 0.15) is 36.7 Å². The first-order valence-corrected chi connectivity index (χ1v) is 13.1. The number of amidine groups is 1. The van der Waals surface area contributed by atoms with Gasteiger partial charge in [-0.3, -0.25) is 19.4 Å². The lowest BCUT2D eigenvalue weighted by molar-refractivity contribution is -0.129. The van der Waals surface area contributed by atoms with E-state index in [2.05, 4.69) is 15.7 Å². The third-order valence-corrected chi connectivity index (χ3v) is 6.67. The molecule has 202 valence electrons. The van der Waals surface area contributed by atoms with Crippen molar-refractivity contribution < 1.29 is 14.4 Å². The van der Waals surface area contributed by atoms with Gasteiger partial charge in [-0.05, 0) is 55.0 Å². The third-order valence-electron chi connectivity index (χ3n) is 6.41. The molecule has 1 unspecified atom stereocenters. The number of amides is 3. The fourth-order valence-corrected chi connectivity index (χ4v) is 4.70. The Hall–Kier alpha value is -4.21. The van der Waals surface area contributed by atoms with Gasteiger partial charge < -0.3 is 10.6 Å². The fourth-order valence-electron chi connectivity index (χ4n) is 4.58. The van der Waals surface area contributed by atoms with Crippen molar-refractivity contribution in [3.8, 4) is 0 Å². The zero-order valence-corrected chi connectivity index (χ0v) is 23.1. The highest BCUT2D eigenvalue weighted by atomic mass is 35.5. The van der Waals surface area contributed by atoms with Crippen molar-refractivity contribution in [1.29, 1.82) is 0 Å². The maximum atomic E-state index is 14.6. The summed E-state index contributed by atoms with van der Waals surface area (Å²) >= 11 is 6.10. The highest BCUT2D eigenvalue weighted by molar-refractivity contribution is 6.31. The van der Waals surface area contributed by atoms with Crippen LogP contribution in [-0.4, -0.2) is 47.3 Å². The van der Waals surface area contributed by atoms with E-state index in [1.807, 2.05) is 50.0 Å². The number of hydrazone groups is 1. The molecule has 10 heteroatoms. The molecule has 1 heterocycles. The van der Waals surface area contributed by atoms with Gasteiger partial charge in [-0.2, -0.15) is 5.01 Å². The van der Waals surface area contributed by atoms with E-state index in [1.54, 1.807) is 59.6 Å². The van der Waals surface area contributed by atoms with Gasteiger partial charge in [-0.25, -0.2) is 5.01 Å². The molecule has 39 heavy (non-hydrogen) atoms. The maximum Gasteiger partial charge on any atom is 0.303 e. The molecule has 0 radical (unpaired) electrons. The summed E-state index contributed by atoms with van der Waals surface area (Å²) in [6, 6.07) is 22.7. The van der Waals surface area contributed by atoms with E-state index in [1.165, 1.54) is 11.9 Å². The molecule has 3 aromatic carbocycles. The van der Waals surface area contributed by atoms with Crippen LogP contribution < -0.4 is 20.7 Å². The van der Waals surface area contributed by atoms with Crippen molar-refractivity contribution in [1.82, 2.24) is 15.6 Å². The van der Waals surface area contributed by atoms with Gasteiger partial charge in [-0.15, -0.1) is 5.10 Å². The van der Waals surface area contributed by atoms with Gasteiger partial charge in [0.05, 0.1) is 11.4 Å². The Bertz CT molecular complexity index is 1390. The molecule has 1 aliphatic heterocycles. The minimum absolute atomic E-state index is 0.0401. The summed E-state index contributed by atoms with van der Waals surface area (Å²) in [5, 5.41) is 15.7. The van der Waals surface area contributed by atoms with Crippen LogP contribution in [0.15, 0.2) is 84.0 Å². The van der Waals surface area contributed by atoms with Gasteiger partial charge in [0.2, 0.25) is 5.91 Å². The van der Waals surface area contributed by atoms with Crippen LogP contribution in [0.4, 0.5) is 11.4 Å². The number of carbonyl (C=O) groups excluding carboxylic acids is 3. The smallest absolute Gasteiger partial charge is 0.303 e. The van der Waals surface area contributed by atoms with Crippen molar-refractivity contribution in [3.63, 3.8) is 0 Å². The minimum Gasteiger partial charge on any atom is -0.318 e. The summed E-state index contributed by atoms with van der Waals surface area (Å²) in [4.78, 5) is 40.9. The van der Waals surface area contributed by atoms with Gasteiger partial charge in [0.1, 0.15) is 0 Å². The zero-order valence-electron chi connectivity index (χ0n) is 22.3. The maximum absolute atomic E-state index is 14.6. The first kappa shape index (κ1) is 27.8. The highest BCUT2D eigenvalue weighted by Crippen LogP contribution is 2.35. The molecule has 3 aromatic rings. The second-order valence-corrected chi connectivity index (χ2v) is 9.43. The molecule has 4 rings (SSSR count). The van der Waals surface area contributed by atoms with Crippen LogP contribution >= 0.6 is 11.6 Å². The molecule has 0 saturated carbocycles. The lowest BCUT2D eigenvalue weighted by Gasteiger charge is -2.47. The fraction of sp³-hybridized carbons (Fsp3) is 0.241. The van der Waals surface area contributed by atoms with E-state index in [0.717, 1.165) is 5.56 Å². The van der Waals surface area contributed by atoms with Crippen molar-refractivity contribution in [2.24, 2.45) is 5.10 Å². The molecule has 2 N–H and O–H groups in total. The van der Waals surface area contributed by atoms with Gasteiger partial charge in [-0.1, -0.05) is 61.8 Å². The largest absolute Gasteiger partial charge is 0.318 e. The number of anilines is 2. The Labute approximate surface area is 233 Å². The predicted octanol–water partition coefficient (Wildman–Crippen LogP) is 4.33. The summed E-state index contributed by atoms with van der Waals surface area (Å²) in [5.41, 5.74) is 0.420. The topological polar surface area (TPSA) is 97.3 Å². The summed E-state index contributed by atoms with van der Waals surface area (Å²) in [5.74, 6) is -1.56. The Kier molecular flexibility index (Phi) is 8.32. The van der Waals surface area contributed by atoms with Crippen molar-refractivity contribution >= 4 is 46.5 Å². The van der Waals surface area contributed by atoms with E-state index >= 15 is 0 Å². The number of rotatable bonds is 8. The standard InChI is InChI=1S/C29H31ClN6O3/c1-5-34(6-2)36(25-15-11-10-12-20(25)3)29(32-21(4)37)27(31-26(38)22-13-8-7-9-14-22)33-35(28(29)39)24-18-16-23(30)17-19-24/h7-19H,5-6H2,1-4H3,(H,32,37)(H,31,33,38). The summed E-state index contributed by atoms with van der Waals surface area (Å²) in [6.45, 7) is 8.15. The molecule has 0 spiro atoms. The molecular formula is C29H31ClN6O3. The third kappa shape index (κ3) is 5.36. The van der Waals surface area contributed by atoms with Crippen LogP contribution in [0.2, 0.25) is 5.02 Å². The van der Waals surface area contributed by atoms with Crippen molar-refractivity contribution in [2.75, 3.05) is 23.1 Å². The Morgan fingerprint density at radius 1 is 0.949 bits per heavy atom. The molecule has 1 aliphatic rings. The summed E-state index contributed by atoms with van der Waals surface area (Å²) in [7, 11) is 0. The Balaban J connectivity index is 1.98. The lowest BCUT2D eigenvalue weighted by Crippen LogP contribution is -2.75. The van der Waals surface area contributed by atoms with E-state index in [9.17, 15) is 14.4 Å². The van der Waals surface area contributed by atoms with Gasteiger partial charge >= 0.3 is 5.91 Å². The number of hydrogen-bond acceptors (Lipinski definition) is 6. The number of aryl methyl sites for hydroxylation is 1. The molecule has 0 bridgehead atoms. The van der Waals surface area contributed by atoms with Crippen LogP contribution in [0.25, 0.3) is 0 Å². The van der Waals surface area contributed by atoms with E-state index in [0.29, 0.717) is 35.1 Å². The molecule has 3 amide bonds. The van der Waals surface area contributed by atoms with Crippen LogP contribution in [-0.2, 0) is 9.59 Å². The van der Waals surface area contributed by atoms with Crippen LogP contribution in [0, 0.1) is 6.92 Å². The quantitative estimate of drug-likeness (QED) is 0.324. The van der Waals surface area contributed by atoms with E-state index < -0.39 is 23.4 Å². The average Bonchev–Trinajstić information content (AvgIpc) is 3.19. The Morgan fingerprint density at radius 3 is 2.15 bits per heavy atom. The predicted molar refractivity (Wildman–Crippen MR) is 153 cm³/mol. The second kappa shape index (κ2) is 11.7. The summed E-state index contributed by atoms with van der Waals surface area (Å²) < 4.78 is 0. The lowest BCUT2D eigenvalue weighted by atomic mass is 10.0. The number of benzene rings is 3. The van der Waals surface area contributed by atoms with Crippen LogP contribution in [0.5, 0.6) is 0 Å². The molecule has 0 fully saturated rings. The number of nitrogens with one attached hydrogen (secondary N) is 2. The van der Waals surface area contributed by atoms with Gasteiger partial charge in [0.25, 0.3) is 11.6 Å². The second-order valence-electron chi connectivity index (χ2n) is 8.99. The number of para-hydroxylation sites is 1. The number of nitrogens with zero attached hydrogens (tertiary/aromatic N) is 4. The first-order valence-electron chi connectivity index (χ1n) is 12.7. The van der Waals surface area contributed by atoms with E-state index in [4.69, 9.17) is 11.6 Å². The first-order chi connectivity index (χ1) is 18.7.